The molecule has 0 bridgehead atoms. The normalized spacial score (nSPS) is 12.8. The van der Waals surface area contributed by atoms with Crippen molar-refractivity contribution in [3.8, 4) is 0 Å². The van der Waals surface area contributed by atoms with Crippen molar-refractivity contribution in [2.24, 2.45) is 0 Å². The third-order valence-corrected chi connectivity index (χ3v) is 4.33. The van der Waals surface area contributed by atoms with E-state index in [1.54, 1.807) is 0 Å². The van der Waals surface area contributed by atoms with Gasteiger partial charge in [-0.1, -0.05) is 11.6 Å². The van der Waals surface area contributed by atoms with Crippen LogP contribution in [0.5, 0.6) is 0 Å². The number of nitro benzene ring substituents is 1. The van der Waals surface area contributed by atoms with Crippen LogP contribution in [-0.2, 0) is 19.6 Å². The van der Waals surface area contributed by atoms with Crippen molar-refractivity contribution in [3.63, 3.8) is 0 Å². The van der Waals surface area contributed by atoms with Gasteiger partial charge in [-0.25, -0.2) is 8.42 Å². The standard InChI is InChI=1S/C10H11ClN2O6S/c1-6(10(14)19-2)12-20(17,18)9-4-3-7(13(15)16)5-8(9)11/h3-6,12H,1-2H3. The largest absolute Gasteiger partial charge is 0.468 e. The Morgan fingerprint density at radius 1 is 1.50 bits per heavy atom. The average Bonchev–Trinajstić information content (AvgIpc) is 2.36. The molecule has 1 N–H and O–H groups in total. The number of benzene rings is 1. The maximum absolute atomic E-state index is 12.0. The van der Waals surface area contributed by atoms with Crippen molar-refractivity contribution in [1.29, 1.82) is 0 Å². The van der Waals surface area contributed by atoms with Crippen LogP contribution in [0.4, 0.5) is 5.69 Å². The highest BCUT2D eigenvalue weighted by Crippen LogP contribution is 2.26. The van der Waals surface area contributed by atoms with Gasteiger partial charge in [-0.3, -0.25) is 14.9 Å². The van der Waals surface area contributed by atoms with Crippen LogP contribution < -0.4 is 4.72 Å². The molecule has 0 amide bonds. The Labute approximate surface area is 119 Å². The summed E-state index contributed by atoms with van der Waals surface area (Å²) in [6, 6.07) is 1.80. The number of carbonyl (C=O) groups is 1. The predicted molar refractivity (Wildman–Crippen MR) is 69.9 cm³/mol. The molecule has 0 aromatic heterocycles. The van der Waals surface area contributed by atoms with E-state index in [0.29, 0.717) is 0 Å². The highest BCUT2D eigenvalue weighted by atomic mass is 35.5. The molecule has 1 aromatic rings. The van der Waals surface area contributed by atoms with Gasteiger partial charge in [0.2, 0.25) is 10.0 Å². The van der Waals surface area contributed by atoms with Gasteiger partial charge in [0, 0.05) is 12.1 Å². The van der Waals surface area contributed by atoms with Crippen molar-refractivity contribution in [2.45, 2.75) is 17.9 Å². The second kappa shape index (κ2) is 6.16. The predicted octanol–water partition coefficient (Wildman–Crippen LogP) is 1.09. The highest BCUT2D eigenvalue weighted by Gasteiger charge is 2.25. The summed E-state index contributed by atoms with van der Waals surface area (Å²) >= 11 is 5.72. The summed E-state index contributed by atoms with van der Waals surface area (Å²) in [5.41, 5.74) is -0.338. The van der Waals surface area contributed by atoms with E-state index >= 15 is 0 Å². The molecule has 0 aliphatic rings. The highest BCUT2D eigenvalue weighted by molar-refractivity contribution is 7.89. The van der Waals surface area contributed by atoms with Crippen LogP contribution in [0.15, 0.2) is 23.1 Å². The van der Waals surface area contributed by atoms with Gasteiger partial charge in [-0.05, 0) is 13.0 Å². The maximum atomic E-state index is 12.0. The lowest BCUT2D eigenvalue weighted by Gasteiger charge is -2.12. The van der Waals surface area contributed by atoms with Crippen LogP contribution >= 0.6 is 11.6 Å². The van der Waals surface area contributed by atoms with Crippen molar-refractivity contribution in [1.82, 2.24) is 4.72 Å². The van der Waals surface area contributed by atoms with E-state index in [1.807, 2.05) is 0 Å². The average molecular weight is 323 g/mol. The second-order valence-corrected chi connectivity index (χ2v) is 5.83. The number of ether oxygens (including phenoxy) is 1. The van der Waals surface area contributed by atoms with Crippen LogP contribution in [0.3, 0.4) is 0 Å². The van der Waals surface area contributed by atoms with E-state index in [1.165, 1.54) is 6.92 Å². The minimum absolute atomic E-state index is 0.316. The van der Waals surface area contributed by atoms with Gasteiger partial charge in [0.1, 0.15) is 10.9 Å². The molecule has 0 aliphatic heterocycles. The Bertz CT molecular complexity index is 645. The van der Waals surface area contributed by atoms with Gasteiger partial charge < -0.3 is 4.74 Å². The van der Waals surface area contributed by atoms with Crippen LogP contribution in [0.1, 0.15) is 6.92 Å². The molecule has 1 unspecified atom stereocenters. The zero-order valence-electron chi connectivity index (χ0n) is 10.5. The first-order valence-electron chi connectivity index (χ1n) is 5.23. The summed E-state index contributed by atoms with van der Waals surface area (Å²) in [4.78, 5) is 20.7. The zero-order valence-corrected chi connectivity index (χ0v) is 12.1. The van der Waals surface area contributed by atoms with Gasteiger partial charge in [0.15, 0.2) is 0 Å². The number of methoxy groups -OCH3 is 1. The summed E-state index contributed by atoms with van der Waals surface area (Å²) in [6.45, 7) is 1.29. The summed E-state index contributed by atoms with van der Waals surface area (Å²) in [7, 11) is -2.98. The lowest BCUT2D eigenvalue weighted by Crippen LogP contribution is -2.39. The van der Waals surface area contributed by atoms with Crippen molar-refractivity contribution >= 4 is 33.3 Å². The first kappa shape index (κ1) is 16.3. The molecular weight excluding hydrogens is 312 g/mol. The number of rotatable bonds is 5. The van der Waals surface area contributed by atoms with Crippen LogP contribution in [0, 0.1) is 10.1 Å². The number of nitrogens with zero attached hydrogens (tertiary/aromatic N) is 1. The van der Waals surface area contributed by atoms with Gasteiger partial charge in [-0.15, -0.1) is 0 Å². The molecule has 1 rings (SSSR count). The first-order chi connectivity index (χ1) is 9.19. The molecule has 8 nitrogen and oxygen atoms in total. The van der Waals surface area contributed by atoms with Crippen LogP contribution in [-0.4, -0.2) is 32.5 Å². The molecule has 0 heterocycles. The Morgan fingerprint density at radius 2 is 2.10 bits per heavy atom. The molecule has 1 atom stereocenters. The summed E-state index contributed by atoms with van der Waals surface area (Å²) in [6.07, 6.45) is 0. The second-order valence-electron chi connectivity index (χ2n) is 3.74. The van der Waals surface area contributed by atoms with E-state index in [4.69, 9.17) is 11.6 Å². The number of sulfonamides is 1. The molecule has 0 saturated carbocycles. The summed E-state index contributed by atoms with van der Waals surface area (Å²) in [5, 5.41) is 10.2. The topological polar surface area (TPSA) is 116 Å². The molecule has 20 heavy (non-hydrogen) atoms. The molecule has 0 saturated heterocycles. The van der Waals surface area contributed by atoms with E-state index in [9.17, 15) is 23.3 Å². The van der Waals surface area contributed by atoms with E-state index in [-0.39, 0.29) is 15.6 Å². The molecule has 0 radical (unpaired) electrons. The molecule has 0 fully saturated rings. The number of carbonyl (C=O) groups excluding carboxylic acids is 1. The smallest absolute Gasteiger partial charge is 0.323 e. The molecular formula is C10H11ClN2O6S. The molecule has 10 heteroatoms. The lowest BCUT2D eigenvalue weighted by atomic mass is 10.3. The summed E-state index contributed by atoms with van der Waals surface area (Å²) in [5.74, 6) is -0.772. The fourth-order valence-electron chi connectivity index (χ4n) is 1.34. The number of nitro groups is 1. The van der Waals surface area contributed by atoms with Gasteiger partial charge in [0.05, 0.1) is 17.1 Å². The Kier molecular flexibility index (Phi) is 5.03. The minimum Gasteiger partial charge on any atom is -0.468 e. The van der Waals surface area contributed by atoms with Gasteiger partial charge in [-0.2, -0.15) is 4.72 Å². The van der Waals surface area contributed by atoms with Crippen molar-refractivity contribution in [3.05, 3.63) is 33.3 Å². The molecule has 1 aromatic carbocycles. The Morgan fingerprint density at radius 3 is 2.55 bits per heavy atom. The SMILES string of the molecule is COC(=O)C(C)NS(=O)(=O)c1ccc([N+](=O)[O-])cc1Cl. The first-order valence-corrected chi connectivity index (χ1v) is 7.09. The van der Waals surface area contributed by atoms with Crippen molar-refractivity contribution in [2.75, 3.05) is 7.11 Å². The van der Waals surface area contributed by atoms with Crippen LogP contribution in [0.2, 0.25) is 5.02 Å². The number of halogens is 1. The van der Waals surface area contributed by atoms with E-state index in [2.05, 4.69) is 9.46 Å². The van der Waals surface area contributed by atoms with Gasteiger partial charge >= 0.3 is 5.97 Å². The van der Waals surface area contributed by atoms with E-state index in [0.717, 1.165) is 25.3 Å². The third-order valence-electron chi connectivity index (χ3n) is 2.30. The zero-order chi connectivity index (χ0) is 15.5. The maximum Gasteiger partial charge on any atom is 0.323 e. The minimum atomic E-state index is -4.09. The Balaban J connectivity index is 3.10. The monoisotopic (exact) mass is 322 g/mol. The van der Waals surface area contributed by atoms with Crippen molar-refractivity contribution < 1.29 is 22.9 Å². The third kappa shape index (κ3) is 3.65. The molecule has 110 valence electrons. The number of nitrogens with one attached hydrogen (secondary N) is 1. The van der Waals surface area contributed by atoms with Gasteiger partial charge in [0.25, 0.3) is 5.69 Å². The van der Waals surface area contributed by atoms with Crippen LogP contribution in [0.25, 0.3) is 0 Å². The number of esters is 1. The molecule has 0 spiro atoms. The Hall–Kier alpha value is -1.71. The number of non-ortho nitro benzene ring substituents is 1. The fraction of sp³-hybridized carbons (Fsp3) is 0.300. The molecule has 0 aliphatic carbocycles. The van der Waals surface area contributed by atoms with E-state index < -0.39 is 27.0 Å². The summed E-state index contributed by atoms with van der Waals surface area (Å²) < 4.78 is 30.4. The quantitative estimate of drug-likeness (QED) is 0.493. The number of hydrogen-bond acceptors (Lipinski definition) is 6. The number of hydrogen-bond donors (Lipinski definition) is 1. The lowest BCUT2D eigenvalue weighted by molar-refractivity contribution is -0.384. The fourth-order valence-corrected chi connectivity index (χ4v) is 3.07.